The third kappa shape index (κ3) is 3.68. The first-order valence-electron chi connectivity index (χ1n) is 7.30. The Morgan fingerprint density at radius 2 is 1.05 bits per heavy atom. The van der Waals surface area contributed by atoms with Crippen molar-refractivity contribution in [2.24, 2.45) is 0 Å². The summed E-state index contributed by atoms with van der Waals surface area (Å²) >= 11 is 0. The van der Waals surface area contributed by atoms with E-state index in [1.165, 1.54) is 38.9 Å². The number of hydrogen-bond donors (Lipinski definition) is 0. The molecule has 1 heteroatoms. The zero-order valence-electron chi connectivity index (χ0n) is 13.8. The van der Waals surface area contributed by atoms with Crippen LogP contribution in [-0.2, 0) is 0 Å². The van der Waals surface area contributed by atoms with Crippen molar-refractivity contribution < 1.29 is 58.2 Å². The van der Waals surface area contributed by atoms with Gasteiger partial charge in [0.2, 0.25) is 0 Å². The van der Waals surface area contributed by atoms with Gasteiger partial charge < -0.3 is 0 Å². The van der Waals surface area contributed by atoms with Gasteiger partial charge in [0.15, 0.2) is 0 Å². The molecule has 0 radical (unpaired) electrons. The van der Waals surface area contributed by atoms with E-state index >= 15 is 0 Å². The van der Waals surface area contributed by atoms with Gasteiger partial charge in [0.25, 0.3) is 0 Å². The van der Waals surface area contributed by atoms with E-state index in [4.69, 9.17) is 0 Å². The molecule has 0 bridgehead atoms. The van der Waals surface area contributed by atoms with Gasteiger partial charge in [0.05, 0.1) is 0 Å². The van der Waals surface area contributed by atoms with Crippen molar-refractivity contribution in [2.45, 2.75) is 20.8 Å². The second kappa shape index (κ2) is 7.83. The van der Waals surface area contributed by atoms with Crippen LogP contribution in [0.25, 0.3) is 22.3 Å². The van der Waals surface area contributed by atoms with E-state index in [1.807, 2.05) is 12.1 Å². The molecule has 0 N–H and O–H groups in total. The molecule has 3 aromatic carbocycles. The smallest absolute Gasteiger partial charge is 0.184 e. The number of rotatable bonds is 2. The van der Waals surface area contributed by atoms with Gasteiger partial charge in [-0.25, -0.2) is 0 Å². The summed E-state index contributed by atoms with van der Waals surface area (Å²) in [5, 5.41) is 0. The average Bonchev–Trinajstić information content (AvgIpc) is 2.52. The van der Waals surface area contributed by atoms with Gasteiger partial charge >= 0.3 is 58.2 Å². The molecule has 0 aliphatic heterocycles. The summed E-state index contributed by atoms with van der Waals surface area (Å²) in [5.41, 5.74) is 9.16. The molecule has 0 atom stereocenters. The molecule has 0 aliphatic rings. The standard InChI is InChI=1S/C21H19.Rb/c1-15-9-11-19(12-10-15)21-14-13-20(16(2)17(21)3)18-7-5-4-6-8-18;/h5-14H,1-3H3;/q-1;+1. The Bertz CT molecular complexity index is 756. The largest absolute Gasteiger partial charge is 1.00 e. The third-order valence-corrected chi connectivity index (χ3v) is 4.18. The fourth-order valence-electron chi connectivity index (χ4n) is 2.75. The van der Waals surface area contributed by atoms with E-state index < -0.39 is 0 Å². The van der Waals surface area contributed by atoms with Gasteiger partial charge in [-0.3, -0.25) is 0 Å². The molecular weight excluding hydrogens is 338 g/mol. The fraction of sp³-hybridized carbons (Fsp3) is 0.143. The summed E-state index contributed by atoms with van der Waals surface area (Å²) in [4.78, 5) is 0. The Morgan fingerprint density at radius 1 is 0.591 bits per heavy atom. The first-order valence-corrected chi connectivity index (χ1v) is 7.30. The van der Waals surface area contributed by atoms with Gasteiger partial charge in [-0.05, 0) is 48.6 Å². The van der Waals surface area contributed by atoms with Crippen molar-refractivity contribution in [1.82, 2.24) is 0 Å². The van der Waals surface area contributed by atoms with Gasteiger partial charge in [0, 0.05) is 0 Å². The van der Waals surface area contributed by atoms with E-state index in [-0.39, 0.29) is 58.2 Å². The van der Waals surface area contributed by atoms with E-state index in [0.29, 0.717) is 0 Å². The molecule has 0 aromatic heterocycles. The Kier molecular flexibility index (Phi) is 6.34. The van der Waals surface area contributed by atoms with E-state index in [0.717, 1.165) is 0 Å². The van der Waals surface area contributed by atoms with Crippen LogP contribution in [0.1, 0.15) is 16.7 Å². The summed E-state index contributed by atoms with van der Waals surface area (Å²) in [6.07, 6.45) is 0. The predicted molar refractivity (Wildman–Crippen MR) is 90.4 cm³/mol. The summed E-state index contributed by atoms with van der Waals surface area (Å²) in [5.74, 6) is 0. The first-order chi connectivity index (χ1) is 10.2. The van der Waals surface area contributed by atoms with E-state index in [9.17, 15) is 0 Å². The molecule has 0 unspecified atom stereocenters. The molecule has 0 nitrogen and oxygen atoms in total. The summed E-state index contributed by atoms with van der Waals surface area (Å²) in [7, 11) is 0. The number of benzene rings is 3. The molecule has 104 valence electrons. The molecule has 3 aromatic rings. The van der Waals surface area contributed by atoms with Crippen LogP contribution in [0, 0.1) is 26.8 Å². The predicted octanol–water partition coefficient (Wildman–Crippen LogP) is 2.75. The quantitative estimate of drug-likeness (QED) is 0.619. The SMILES string of the molecule is Cc1ccc(-c2ccc(-c3cc[c-]cc3)c(C)c2C)cc1.[Rb+]. The monoisotopic (exact) mass is 356 g/mol. The van der Waals surface area contributed by atoms with Crippen molar-refractivity contribution in [3.05, 3.63) is 83.4 Å². The Labute approximate surface area is 182 Å². The summed E-state index contributed by atoms with van der Waals surface area (Å²) in [6.45, 7) is 6.54. The Balaban J connectivity index is 0.00000176. The molecule has 0 spiro atoms. The maximum Gasteiger partial charge on any atom is 1.00 e. The minimum atomic E-state index is 0. The van der Waals surface area contributed by atoms with Gasteiger partial charge in [-0.2, -0.15) is 30.3 Å². The normalized spacial score (nSPS) is 10.1. The molecule has 3 rings (SSSR count). The van der Waals surface area contributed by atoms with Crippen molar-refractivity contribution in [2.75, 3.05) is 0 Å². The van der Waals surface area contributed by atoms with Crippen molar-refractivity contribution in [3.63, 3.8) is 0 Å². The fourth-order valence-corrected chi connectivity index (χ4v) is 2.75. The average molecular weight is 357 g/mol. The zero-order chi connectivity index (χ0) is 14.8. The van der Waals surface area contributed by atoms with Crippen LogP contribution in [0.5, 0.6) is 0 Å². The third-order valence-electron chi connectivity index (χ3n) is 4.18. The second-order valence-corrected chi connectivity index (χ2v) is 5.57. The van der Waals surface area contributed by atoms with Crippen molar-refractivity contribution >= 4 is 0 Å². The summed E-state index contributed by atoms with van der Waals surface area (Å²) in [6, 6.07) is 24.5. The molecule has 0 saturated carbocycles. The van der Waals surface area contributed by atoms with Crippen LogP contribution in [0.3, 0.4) is 0 Å². The second-order valence-electron chi connectivity index (χ2n) is 5.57. The van der Waals surface area contributed by atoms with E-state index in [2.05, 4.69) is 75.4 Å². The molecule has 0 fully saturated rings. The van der Waals surface area contributed by atoms with Crippen LogP contribution >= 0.6 is 0 Å². The molecule has 0 aliphatic carbocycles. The van der Waals surface area contributed by atoms with Crippen LogP contribution in [0.15, 0.2) is 60.7 Å². The van der Waals surface area contributed by atoms with E-state index in [1.54, 1.807) is 0 Å². The van der Waals surface area contributed by atoms with Gasteiger partial charge in [0.1, 0.15) is 0 Å². The number of aryl methyl sites for hydroxylation is 1. The zero-order valence-corrected chi connectivity index (χ0v) is 18.7. The molecule has 0 saturated heterocycles. The van der Waals surface area contributed by atoms with Gasteiger partial charge in [-0.15, -0.1) is 5.56 Å². The summed E-state index contributed by atoms with van der Waals surface area (Å²) < 4.78 is 0. The van der Waals surface area contributed by atoms with Crippen LogP contribution in [0.2, 0.25) is 0 Å². The van der Waals surface area contributed by atoms with Crippen LogP contribution in [0.4, 0.5) is 0 Å². The minimum Gasteiger partial charge on any atom is -0.184 e. The Morgan fingerprint density at radius 3 is 1.55 bits per heavy atom. The maximum atomic E-state index is 3.08. The van der Waals surface area contributed by atoms with Crippen LogP contribution < -0.4 is 58.2 Å². The minimum absolute atomic E-state index is 0. The molecule has 0 amide bonds. The first kappa shape index (κ1) is 17.8. The topological polar surface area (TPSA) is 0 Å². The molecule has 0 heterocycles. The molecule has 22 heavy (non-hydrogen) atoms. The number of hydrogen-bond acceptors (Lipinski definition) is 0. The van der Waals surface area contributed by atoms with Gasteiger partial charge in [-0.1, -0.05) is 42.0 Å². The van der Waals surface area contributed by atoms with Crippen LogP contribution in [-0.4, -0.2) is 0 Å². The maximum absolute atomic E-state index is 3.08. The Hall–Kier alpha value is -0.535. The van der Waals surface area contributed by atoms with Crippen molar-refractivity contribution in [3.8, 4) is 22.3 Å². The molecular formula is C21H19Rb. The van der Waals surface area contributed by atoms with Crippen molar-refractivity contribution in [1.29, 1.82) is 0 Å².